The summed E-state index contributed by atoms with van der Waals surface area (Å²) >= 11 is 0. The molecule has 0 bridgehead atoms. The minimum Gasteiger partial charge on any atom is -0.240 e. The molecule has 0 amide bonds. The largest absolute Gasteiger partial charge is 0.240 e. The number of aromatic nitrogens is 2. The molecule has 0 aliphatic heterocycles. The Morgan fingerprint density at radius 1 is 0.818 bits per heavy atom. The zero-order valence-corrected chi connectivity index (χ0v) is 21.0. The van der Waals surface area contributed by atoms with Crippen molar-refractivity contribution in [1.29, 1.82) is 5.26 Å². The van der Waals surface area contributed by atoms with Crippen molar-refractivity contribution in [3.05, 3.63) is 48.0 Å². The maximum Gasteiger partial charge on any atom is 0.131 e. The Kier molecular flexibility index (Phi) is 10.4. The second kappa shape index (κ2) is 13.5. The van der Waals surface area contributed by atoms with Crippen molar-refractivity contribution in [3.63, 3.8) is 0 Å². The summed E-state index contributed by atoms with van der Waals surface area (Å²) in [5, 5.41) is 9.84. The molecule has 0 atom stereocenters. The van der Waals surface area contributed by atoms with E-state index in [1.54, 1.807) is 0 Å². The van der Waals surface area contributed by atoms with Crippen LogP contribution in [-0.2, 0) is 6.42 Å². The lowest BCUT2D eigenvalue weighted by atomic mass is 9.68. The topological polar surface area (TPSA) is 49.6 Å². The Morgan fingerprint density at radius 2 is 1.42 bits per heavy atom. The first kappa shape index (κ1) is 25.4. The van der Waals surface area contributed by atoms with E-state index in [0.29, 0.717) is 5.92 Å². The highest BCUT2D eigenvalue weighted by molar-refractivity contribution is 5.61. The summed E-state index contributed by atoms with van der Waals surface area (Å²) in [5.74, 6) is 1.35. The maximum atomic E-state index is 9.84. The molecule has 1 fully saturated rings. The quantitative estimate of drug-likeness (QED) is 0.289. The summed E-state index contributed by atoms with van der Waals surface area (Å²) in [6.07, 6.45) is 21.9. The van der Waals surface area contributed by atoms with Gasteiger partial charge in [-0.05, 0) is 56.1 Å². The molecule has 0 saturated heterocycles. The Morgan fingerprint density at radius 3 is 2.03 bits per heavy atom. The van der Waals surface area contributed by atoms with Crippen LogP contribution in [-0.4, -0.2) is 9.97 Å². The number of hydrogen-bond donors (Lipinski definition) is 0. The van der Waals surface area contributed by atoms with Gasteiger partial charge in [0.05, 0.1) is 11.5 Å². The molecule has 1 heterocycles. The average molecular weight is 446 g/mol. The second-order valence-corrected chi connectivity index (χ2v) is 10.2. The number of rotatable bonds is 13. The molecule has 1 saturated carbocycles. The number of nitriles is 1. The van der Waals surface area contributed by atoms with Gasteiger partial charge < -0.3 is 0 Å². The first-order chi connectivity index (χ1) is 16.2. The molecule has 0 spiro atoms. The van der Waals surface area contributed by atoms with Crippen molar-refractivity contribution in [2.24, 2.45) is 5.41 Å². The summed E-state index contributed by atoms with van der Waals surface area (Å²) in [6.45, 7) is 4.50. The Labute approximate surface area is 202 Å². The van der Waals surface area contributed by atoms with Gasteiger partial charge in [0.2, 0.25) is 0 Å². The summed E-state index contributed by atoms with van der Waals surface area (Å²) in [6, 6.07) is 11.6. The second-order valence-electron chi connectivity index (χ2n) is 10.2. The molecule has 1 aromatic heterocycles. The molecule has 1 aromatic carbocycles. The van der Waals surface area contributed by atoms with Crippen molar-refractivity contribution in [2.75, 3.05) is 0 Å². The normalized spacial score (nSPS) is 20.5. The predicted molar refractivity (Wildman–Crippen MR) is 138 cm³/mol. The zero-order chi connectivity index (χ0) is 23.4. The van der Waals surface area contributed by atoms with E-state index in [1.165, 1.54) is 75.3 Å². The fourth-order valence-electron chi connectivity index (χ4n) is 5.23. The van der Waals surface area contributed by atoms with E-state index in [2.05, 4.69) is 44.2 Å². The molecule has 0 radical (unpaired) electrons. The average Bonchev–Trinajstić information content (AvgIpc) is 2.87. The molecule has 3 rings (SSSR count). The van der Waals surface area contributed by atoms with E-state index in [1.807, 2.05) is 12.4 Å². The molecule has 1 aliphatic carbocycles. The fourth-order valence-corrected chi connectivity index (χ4v) is 5.23. The third kappa shape index (κ3) is 7.66. The van der Waals surface area contributed by atoms with Crippen LogP contribution in [0.5, 0.6) is 0 Å². The van der Waals surface area contributed by atoms with Gasteiger partial charge in [-0.3, -0.25) is 0 Å². The van der Waals surface area contributed by atoms with Crippen molar-refractivity contribution < 1.29 is 0 Å². The first-order valence-corrected chi connectivity index (χ1v) is 13.5. The van der Waals surface area contributed by atoms with Crippen molar-refractivity contribution >= 4 is 0 Å². The molecule has 33 heavy (non-hydrogen) atoms. The molecule has 0 unspecified atom stereocenters. The zero-order valence-electron chi connectivity index (χ0n) is 21.0. The highest BCUT2D eigenvalue weighted by Gasteiger charge is 2.36. The van der Waals surface area contributed by atoms with Gasteiger partial charge in [-0.25, -0.2) is 9.97 Å². The van der Waals surface area contributed by atoms with Gasteiger partial charge in [-0.15, -0.1) is 0 Å². The number of aryl methyl sites for hydroxylation is 1. The van der Waals surface area contributed by atoms with E-state index < -0.39 is 0 Å². The Hall–Kier alpha value is -2.21. The molecular weight excluding hydrogens is 402 g/mol. The van der Waals surface area contributed by atoms with Crippen LogP contribution in [0.3, 0.4) is 0 Å². The lowest BCUT2D eigenvalue weighted by Gasteiger charge is -2.34. The van der Waals surface area contributed by atoms with E-state index in [0.717, 1.165) is 43.5 Å². The first-order valence-electron chi connectivity index (χ1n) is 13.5. The lowest BCUT2D eigenvalue weighted by molar-refractivity contribution is 0.219. The molecule has 178 valence electrons. The van der Waals surface area contributed by atoms with Crippen LogP contribution in [0, 0.1) is 16.7 Å². The number of nitrogens with zero attached hydrogens (tertiary/aromatic N) is 3. The van der Waals surface area contributed by atoms with Gasteiger partial charge in [-0.2, -0.15) is 5.26 Å². The van der Waals surface area contributed by atoms with Crippen LogP contribution in [0.4, 0.5) is 0 Å². The summed E-state index contributed by atoms with van der Waals surface area (Å²) in [5.41, 5.74) is 3.59. The standard InChI is InChI=1S/C30H43N3/c1-3-5-7-9-10-12-25-13-15-26(16-14-25)28-22-32-29(33-23-28)27-17-20-30(24-31,21-18-27)19-11-8-6-4-2/h13-16,22-23,27H,3-12,17-21H2,1-2H3. The fraction of sp³-hybridized carbons (Fsp3) is 0.633. The van der Waals surface area contributed by atoms with Gasteiger partial charge in [0.15, 0.2) is 0 Å². The minimum absolute atomic E-state index is 0.109. The number of hydrogen-bond acceptors (Lipinski definition) is 3. The van der Waals surface area contributed by atoms with Gasteiger partial charge in [0.1, 0.15) is 5.82 Å². The molecule has 2 aromatic rings. The minimum atomic E-state index is -0.109. The number of benzene rings is 1. The number of unbranched alkanes of at least 4 members (excludes halogenated alkanes) is 7. The smallest absolute Gasteiger partial charge is 0.131 e. The SMILES string of the molecule is CCCCCCCc1ccc(-c2cnc(C3CCC(C#N)(CCCCCC)CC3)nc2)cc1. The summed E-state index contributed by atoms with van der Waals surface area (Å²) in [7, 11) is 0. The predicted octanol–water partition coefficient (Wildman–Crippen LogP) is 8.79. The van der Waals surface area contributed by atoms with Crippen molar-refractivity contribution in [2.45, 2.75) is 116 Å². The van der Waals surface area contributed by atoms with Gasteiger partial charge in [0, 0.05) is 23.9 Å². The third-order valence-electron chi connectivity index (χ3n) is 7.58. The van der Waals surface area contributed by atoms with E-state index in [4.69, 9.17) is 9.97 Å². The van der Waals surface area contributed by atoms with Crippen LogP contribution < -0.4 is 0 Å². The lowest BCUT2D eigenvalue weighted by Crippen LogP contribution is -2.26. The van der Waals surface area contributed by atoms with E-state index in [9.17, 15) is 5.26 Å². The van der Waals surface area contributed by atoms with Gasteiger partial charge in [-0.1, -0.05) is 89.5 Å². The van der Waals surface area contributed by atoms with Gasteiger partial charge in [0.25, 0.3) is 0 Å². The van der Waals surface area contributed by atoms with Crippen LogP contribution in [0.15, 0.2) is 36.7 Å². The Bertz CT molecular complexity index is 840. The van der Waals surface area contributed by atoms with E-state index >= 15 is 0 Å². The van der Waals surface area contributed by atoms with Crippen LogP contribution in [0.25, 0.3) is 11.1 Å². The van der Waals surface area contributed by atoms with E-state index in [-0.39, 0.29) is 5.41 Å². The van der Waals surface area contributed by atoms with Crippen LogP contribution >= 0.6 is 0 Å². The third-order valence-corrected chi connectivity index (χ3v) is 7.58. The summed E-state index contributed by atoms with van der Waals surface area (Å²) < 4.78 is 0. The maximum absolute atomic E-state index is 9.84. The molecule has 0 N–H and O–H groups in total. The molecular formula is C30H43N3. The Balaban J connectivity index is 1.50. The van der Waals surface area contributed by atoms with Crippen LogP contribution in [0.1, 0.15) is 121 Å². The highest BCUT2D eigenvalue weighted by atomic mass is 14.9. The highest BCUT2D eigenvalue weighted by Crippen LogP contribution is 2.45. The van der Waals surface area contributed by atoms with Crippen molar-refractivity contribution in [1.82, 2.24) is 9.97 Å². The van der Waals surface area contributed by atoms with Gasteiger partial charge >= 0.3 is 0 Å². The molecule has 3 heteroatoms. The molecule has 1 aliphatic rings. The van der Waals surface area contributed by atoms with Crippen molar-refractivity contribution in [3.8, 4) is 17.2 Å². The monoisotopic (exact) mass is 445 g/mol. The molecule has 3 nitrogen and oxygen atoms in total. The van der Waals surface area contributed by atoms with Crippen LogP contribution in [0.2, 0.25) is 0 Å². The summed E-state index contributed by atoms with van der Waals surface area (Å²) in [4.78, 5) is 9.49.